The first kappa shape index (κ1) is 16.4. The Morgan fingerprint density at radius 3 is 2.71 bits per heavy atom. The lowest BCUT2D eigenvalue weighted by Gasteiger charge is -2.29. The molecule has 1 aromatic heterocycles. The van der Waals surface area contributed by atoms with Crippen LogP contribution in [-0.4, -0.2) is 49.1 Å². The van der Waals surface area contributed by atoms with Crippen LogP contribution in [0.1, 0.15) is 31.7 Å². The van der Waals surface area contributed by atoms with Gasteiger partial charge >= 0.3 is 0 Å². The van der Waals surface area contributed by atoms with Gasteiger partial charge in [0.1, 0.15) is 0 Å². The van der Waals surface area contributed by atoms with Gasteiger partial charge in [0.15, 0.2) is 0 Å². The average molecular weight is 311 g/mol. The van der Waals surface area contributed by atoms with E-state index in [0.29, 0.717) is 25.6 Å². The summed E-state index contributed by atoms with van der Waals surface area (Å²) in [5.74, 6) is 0.164. The summed E-state index contributed by atoms with van der Waals surface area (Å²) < 4.78 is 26.6. The van der Waals surface area contributed by atoms with E-state index >= 15 is 0 Å². The van der Waals surface area contributed by atoms with Crippen LogP contribution in [0.15, 0.2) is 24.5 Å². The lowest BCUT2D eigenvalue weighted by atomic mass is 10.1. The minimum atomic E-state index is -3.20. The molecule has 0 bridgehead atoms. The number of aromatic nitrogens is 1. The molecule has 118 valence electrons. The Morgan fingerprint density at radius 1 is 1.33 bits per heavy atom. The molecule has 1 aliphatic heterocycles. The van der Waals surface area contributed by atoms with E-state index in [1.807, 2.05) is 19.1 Å². The quantitative estimate of drug-likeness (QED) is 0.827. The fourth-order valence-electron chi connectivity index (χ4n) is 2.69. The summed E-state index contributed by atoms with van der Waals surface area (Å²) in [6.45, 7) is 4.04. The molecule has 2 rings (SSSR count). The average Bonchev–Trinajstić information content (AvgIpc) is 2.52. The summed E-state index contributed by atoms with van der Waals surface area (Å²) >= 11 is 0. The topological polar surface area (TPSA) is 62.3 Å². The highest BCUT2D eigenvalue weighted by atomic mass is 32.2. The van der Waals surface area contributed by atoms with Gasteiger partial charge < -0.3 is 5.32 Å². The van der Waals surface area contributed by atoms with Crippen molar-refractivity contribution in [3.8, 4) is 0 Å². The Labute approximate surface area is 127 Å². The number of sulfonamides is 1. The number of likely N-dealkylation sites (N-methyl/N-ethyl adjacent to an activating group) is 1. The van der Waals surface area contributed by atoms with E-state index in [2.05, 4.69) is 10.3 Å². The molecule has 0 aliphatic carbocycles. The molecule has 21 heavy (non-hydrogen) atoms. The van der Waals surface area contributed by atoms with Crippen molar-refractivity contribution in [1.29, 1.82) is 0 Å². The van der Waals surface area contributed by atoms with Crippen LogP contribution < -0.4 is 5.32 Å². The highest BCUT2D eigenvalue weighted by Gasteiger charge is 2.24. The molecule has 0 aromatic carbocycles. The molecular formula is C15H25N3O2S. The Kier molecular flexibility index (Phi) is 6.14. The van der Waals surface area contributed by atoms with Crippen LogP contribution in [-0.2, 0) is 16.4 Å². The molecule has 1 aromatic rings. The zero-order chi connectivity index (χ0) is 15.1. The zero-order valence-corrected chi connectivity index (χ0v) is 13.5. The number of pyridine rings is 1. The molecule has 0 amide bonds. The molecule has 0 saturated carbocycles. The standard InChI is InChI=1S/C15H25N3O2S/c1-2-18(13-15-5-3-4-9-17-15)21(19,20)12-8-14-6-10-16-11-7-14/h6-7,10-11,15,17H,2-5,8-9,12-13H2,1H3. The van der Waals surface area contributed by atoms with Gasteiger partial charge in [0.25, 0.3) is 0 Å². The SMILES string of the molecule is CCN(CC1CCCCN1)S(=O)(=O)CCc1ccncc1. The van der Waals surface area contributed by atoms with Gasteiger partial charge in [0, 0.05) is 31.5 Å². The molecule has 1 saturated heterocycles. The van der Waals surface area contributed by atoms with E-state index < -0.39 is 10.0 Å². The highest BCUT2D eigenvalue weighted by Crippen LogP contribution is 2.12. The van der Waals surface area contributed by atoms with E-state index in [1.54, 1.807) is 16.7 Å². The lowest BCUT2D eigenvalue weighted by molar-refractivity contribution is 0.319. The summed E-state index contributed by atoms with van der Waals surface area (Å²) in [6.07, 6.45) is 7.39. The largest absolute Gasteiger partial charge is 0.313 e. The van der Waals surface area contributed by atoms with Gasteiger partial charge in [-0.1, -0.05) is 13.3 Å². The maximum atomic E-state index is 12.5. The smallest absolute Gasteiger partial charge is 0.214 e. The molecule has 1 unspecified atom stereocenters. The van der Waals surface area contributed by atoms with Gasteiger partial charge in [-0.25, -0.2) is 12.7 Å². The van der Waals surface area contributed by atoms with Crippen molar-refractivity contribution in [1.82, 2.24) is 14.6 Å². The molecule has 1 fully saturated rings. The second-order valence-corrected chi connectivity index (χ2v) is 7.61. The molecule has 6 heteroatoms. The predicted octanol–water partition coefficient (Wildman–Crippen LogP) is 1.42. The van der Waals surface area contributed by atoms with Crippen LogP contribution in [0, 0.1) is 0 Å². The monoisotopic (exact) mass is 311 g/mol. The lowest BCUT2D eigenvalue weighted by Crippen LogP contribution is -2.46. The van der Waals surface area contributed by atoms with Gasteiger partial charge in [-0.05, 0) is 43.5 Å². The van der Waals surface area contributed by atoms with E-state index in [-0.39, 0.29) is 5.75 Å². The number of piperidine rings is 1. The molecule has 0 spiro atoms. The zero-order valence-electron chi connectivity index (χ0n) is 12.7. The van der Waals surface area contributed by atoms with Gasteiger partial charge in [0.05, 0.1) is 5.75 Å². The van der Waals surface area contributed by atoms with Crippen LogP contribution in [0.4, 0.5) is 0 Å². The maximum absolute atomic E-state index is 12.5. The van der Waals surface area contributed by atoms with Crippen LogP contribution in [0.2, 0.25) is 0 Å². The van der Waals surface area contributed by atoms with Gasteiger partial charge in [-0.3, -0.25) is 4.98 Å². The fraction of sp³-hybridized carbons (Fsp3) is 0.667. The van der Waals surface area contributed by atoms with E-state index in [4.69, 9.17) is 0 Å². The van der Waals surface area contributed by atoms with Crippen molar-refractivity contribution >= 4 is 10.0 Å². The first-order valence-corrected chi connectivity index (χ1v) is 9.33. The fourth-order valence-corrected chi connectivity index (χ4v) is 4.24. The van der Waals surface area contributed by atoms with Crippen molar-refractivity contribution in [2.45, 2.75) is 38.6 Å². The van der Waals surface area contributed by atoms with Gasteiger partial charge in [0.2, 0.25) is 10.0 Å². The third-order valence-electron chi connectivity index (χ3n) is 3.98. The van der Waals surface area contributed by atoms with E-state index in [1.165, 1.54) is 12.8 Å². The van der Waals surface area contributed by atoms with Crippen molar-refractivity contribution in [2.24, 2.45) is 0 Å². The number of aryl methyl sites for hydroxylation is 1. The van der Waals surface area contributed by atoms with Crippen molar-refractivity contribution in [3.05, 3.63) is 30.1 Å². The summed E-state index contributed by atoms with van der Waals surface area (Å²) in [7, 11) is -3.20. The molecule has 1 atom stereocenters. The number of nitrogens with one attached hydrogen (secondary N) is 1. The van der Waals surface area contributed by atoms with Crippen molar-refractivity contribution in [2.75, 3.05) is 25.4 Å². The summed E-state index contributed by atoms with van der Waals surface area (Å²) in [4.78, 5) is 3.95. The minimum Gasteiger partial charge on any atom is -0.313 e. The normalized spacial score (nSPS) is 19.8. The van der Waals surface area contributed by atoms with E-state index in [9.17, 15) is 8.42 Å². The summed E-state index contributed by atoms with van der Waals surface area (Å²) in [5, 5.41) is 3.42. The maximum Gasteiger partial charge on any atom is 0.214 e. The second-order valence-electron chi connectivity index (χ2n) is 5.52. The Bertz CT molecular complexity index is 513. The van der Waals surface area contributed by atoms with Crippen LogP contribution >= 0.6 is 0 Å². The first-order valence-electron chi connectivity index (χ1n) is 7.72. The Morgan fingerprint density at radius 2 is 2.10 bits per heavy atom. The van der Waals surface area contributed by atoms with E-state index in [0.717, 1.165) is 18.5 Å². The Balaban J connectivity index is 1.91. The van der Waals surface area contributed by atoms with Crippen molar-refractivity contribution < 1.29 is 8.42 Å². The predicted molar refractivity (Wildman–Crippen MR) is 84.6 cm³/mol. The molecule has 1 aliphatic rings. The third kappa shape index (κ3) is 5.05. The molecule has 1 N–H and O–H groups in total. The second kappa shape index (κ2) is 7.87. The van der Waals surface area contributed by atoms with Crippen LogP contribution in [0.25, 0.3) is 0 Å². The minimum absolute atomic E-state index is 0.164. The molecule has 5 nitrogen and oxygen atoms in total. The molecule has 2 heterocycles. The van der Waals surface area contributed by atoms with Crippen LogP contribution in [0.3, 0.4) is 0 Å². The Hall–Kier alpha value is -0.980. The summed E-state index contributed by atoms with van der Waals surface area (Å²) in [5.41, 5.74) is 1.01. The van der Waals surface area contributed by atoms with Gasteiger partial charge in [-0.2, -0.15) is 0 Å². The first-order chi connectivity index (χ1) is 10.1. The summed E-state index contributed by atoms with van der Waals surface area (Å²) in [6, 6.07) is 4.04. The number of rotatable bonds is 7. The molecule has 0 radical (unpaired) electrons. The van der Waals surface area contributed by atoms with Crippen LogP contribution in [0.5, 0.6) is 0 Å². The number of hydrogen-bond donors (Lipinski definition) is 1. The molecular weight excluding hydrogens is 286 g/mol. The third-order valence-corrected chi connectivity index (χ3v) is 5.89. The number of hydrogen-bond acceptors (Lipinski definition) is 4. The van der Waals surface area contributed by atoms with Gasteiger partial charge in [-0.15, -0.1) is 0 Å². The highest BCUT2D eigenvalue weighted by molar-refractivity contribution is 7.89. The number of nitrogens with zero attached hydrogens (tertiary/aromatic N) is 2. The van der Waals surface area contributed by atoms with Crippen molar-refractivity contribution in [3.63, 3.8) is 0 Å².